The molecule has 0 spiro atoms. The molecule has 0 saturated heterocycles. The van der Waals surface area contributed by atoms with E-state index in [1.165, 1.54) is 36.7 Å². The van der Waals surface area contributed by atoms with Crippen molar-refractivity contribution < 1.29 is 35.3 Å². The lowest BCUT2D eigenvalue weighted by atomic mass is 10.0. The average Bonchev–Trinajstić information content (AvgIpc) is 3.59. The molecular formula is C27H22F4N4O4S. The van der Waals surface area contributed by atoms with Crippen molar-refractivity contribution in [2.75, 3.05) is 11.6 Å². The smallest absolute Gasteiger partial charge is 0.358 e. The fourth-order valence-electron chi connectivity index (χ4n) is 4.22. The van der Waals surface area contributed by atoms with Gasteiger partial charge in [0, 0.05) is 36.7 Å². The fraction of sp³-hybridized carbons (Fsp3) is 0.259. The molecule has 5 rings (SSSR count). The molecule has 0 aliphatic heterocycles. The van der Waals surface area contributed by atoms with Gasteiger partial charge in [0.15, 0.2) is 21.4 Å². The first-order valence-electron chi connectivity index (χ1n) is 12.1. The number of carbonyl (C=O) groups excluding carboxylic acids is 1. The second kappa shape index (κ2) is 10.1. The molecule has 0 unspecified atom stereocenters. The van der Waals surface area contributed by atoms with Crippen LogP contribution in [0.25, 0.3) is 11.1 Å². The number of rotatable bonds is 8. The molecule has 1 saturated carbocycles. The Kier molecular flexibility index (Phi) is 6.94. The summed E-state index contributed by atoms with van der Waals surface area (Å²) in [5.74, 6) is -1.36. The quantitative estimate of drug-likeness (QED) is 0.293. The molecule has 13 heteroatoms. The number of nitrogens with zero attached hydrogens (tertiary/aromatic N) is 3. The number of sulfone groups is 1. The van der Waals surface area contributed by atoms with Gasteiger partial charge in [-0.1, -0.05) is 29.4 Å². The van der Waals surface area contributed by atoms with Gasteiger partial charge in [-0.3, -0.25) is 4.79 Å². The van der Waals surface area contributed by atoms with Crippen molar-refractivity contribution in [3.63, 3.8) is 0 Å². The highest BCUT2D eigenvalue weighted by Crippen LogP contribution is 2.59. The number of hydrogen-bond acceptors (Lipinski definition) is 7. The van der Waals surface area contributed by atoms with Gasteiger partial charge >= 0.3 is 6.18 Å². The van der Waals surface area contributed by atoms with Crippen molar-refractivity contribution in [3.8, 4) is 11.1 Å². The lowest BCUT2D eigenvalue weighted by molar-refractivity contribution is -0.165. The Balaban J connectivity index is 1.20. The fourth-order valence-corrected chi connectivity index (χ4v) is 4.85. The molecule has 208 valence electrons. The molecule has 2 aromatic carbocycles. The highest BCUT2D eigenvalue weighted by atomic mass is 32.2. The van der Waals surface area contributed by atoms with Crippen LogP contribution in [0.15, 0.2) is 70.3 Å². The highest BCUT2D eigenvalue weighted by molar-refractivity contribution is 7.90. The van der Waals surface area contributed by atoms with Crippen LogP contribution in [0.4, 0.5) is 23.4 Å². The standard InChI is InChI=1S/C27H22F4N4O4S/c1-40(37,38)20-6-2-16(3-7-20)10-23-32-14-19(15-33-23)17-4-5-18(21(28)11-17)12-25(36)34-24-13-22(39-35-24)26(8-9-26)27(29,30)31/h2-7,11,13-15H,8-10,12H2,1H3,(H,34,35,36). The highest BCUT2D eigenvalue weighted by Gasteiger charge is 2.66. The molecule has 2 aromatic heterocycles. The van der Waals surface area contributed by atoms with Crippen LogP contribution in [0.1, 0.15) is 35.6 Å². The van der Waals surface area contributed by atoms with Crippen LogP contribution in [0.2, 0.25) is 0 Å². The van der Waals surface area contributed by atoms with Crippen LogP contribution in [0.3, 0.4) is 0 Å². The van der Waals surface area contributed by atoms with E-state index in [9.17, 15) is 30.8 Å². The van der Waals surface area contributed by atoms with E-state index in [4.69, 9.17) is 4.52 Å². The number of alkyl halides is 3. The number of anilines is 1. The van der Waals surface area contributed by atoms with Crippen molar-refractivity contribution in [1.29, 1.82) is 0 Å². The molecular weight excluding hydrogens is 552 g/mol. The summed E-state index contributed by atoms with van der Waals surface area (Å²) in [5.41, 5.74) is -0.135. The first kappa shape index (κ1) is 27.4. The van der Waals surface area contributed by atoms with Gasteiger partial charge in [-0.2, -0.15) is 13.2 Å². The summed E-state index contributed by atoms with van der Waals surface area (Å²) in [6.07, 6.45) is -0.485. The molecule has 0 radical (unpaired) electrons. The summed E-state index contributed by atoms with van der Waals surface area (Å²) >= 11 is 0. The number of hydrogen-bond donors (Lipinski definition) is 1. The number of halogens is 4. The summed E-state index contributed by atoms with van der Waals surface area (Å²) < 4.78 is 82.6. The van der Waals surface area contributed by atoms with E-state index in [0.29, 0.717) is 23.4 Å². The Labute approximate surface area is 226 Å². The maximum absolute atomic E-state index is 14.8. The summed E-state index contributed by atoms with van der Waals surface area (Å²) in [7, 11) is -3.29. The predicted octanol–water partition coefficient (Wildman–Crippen LogP) is 5.04. The summed E-state index contributed by atoms with van der Waals surface area (Å²) in [5, 5.41) is 5.85. The van der Waals surface area contributed by atoms with Crippen molar-refractivity contribution in [1.82, 2.24) is 15.1 Å². The Bertz CT molecular complexity index is 1660. The molecule has 4 aromatic rings. The monoisotopic (exact) mass is 574 g/mol. The van der Waals surface area contributed by atoms with E-state index in [-0.39, 0.29) is 41.3 Å². The molecule has 40 heavy (non-hydrogen) atoms. The van der Waals surface area contributed by atoms with Gasteiger partial charge in [-0.15, -0.1) is 0 Å². The zero-order valence-corrected chi connectivity index (χ0v) is 21.8. The molecule has 1 fully saturated rings. The van der Waals surface area contributed by atoms with Crippen LogP contribution < -0.4 is 5.32 Å². The minimum Gasteiger partial charge on any atom is -0.358 e. The van der Waals surface area contributed by atoms with Gasteiger partial charge in [0.25, 0.3) is 0 Å². The Morgan fingerprint density at radius 1 is 1.02 bits per heavy atom. The minimum atomic E-state index is -4.47. The van der Waals surface area contributed by atoms with Gasteiger partial charge in [-0.05, 0) is 47.7 Å². The molecule has 2 heterocycles. The molecule has 0 atom stereocenters. The van der Waals surface area contributed by atoms with E-state index in [0.717, 1.165) is 17.9 Å². The van der Waals surface area contributed by atoms with Crippen molar-refractivity contribution in [3.05, 3.63) is 89.5 Å². The van der Waals surface area contributed by atoms with Gasteiger partial charge in [-0.25, -0.2) is 22.8 Å². The Hall–Kier alpha value is -4.13. The largest absolute Gasteiger partial charge is 0.401 e. The van der Waals surface area contributed by atoms with Gasteiger partial charge in [0.05, 0.1) is 11.3 Å². The van der Waals surface area contributed by atoms with Crippen molar-refractivity contribution >= 4 is 21.6 Å². The third kappa shape index (κ3) is 5.74. The summed E-state index contributed by atoms with van der Waals surface area (Å²) in [6.45, 7) is 0. The topological polar surface area (TPSA) is 115 Å². The second-order valence-electron chi connectivity index (χ2n) is 9.67. The Morgan fingerprint density at radius 2 is 1.70 bits per heavy atom. The van der Waals surface area contributed by atoms with Crippen LogP contribution >= 0.6 is 0 Å². The van der Waals surface area contributed by atoms with E-state index in [2.05, 4.69) is 20.4 Å². The number of nitrogens with one attached hydrogen (secondary N) is 1. The van der Waals surface area contributed by atoms with Crippen LogP contribution in [-0.2, 0) is 32.9 Å². The van der Waals surface area contributed by atoms with Gasteiger partial charge in [0.2, 0.25) is 5.91 Å². The normalized spacial score (nSPS) is 14.6. The van der Waals surface area contributed by atoms with E-state index < -0.39 is 33.2 Å². The number of carbonyl (C=O) groups is 1. The maximum Gasteiger partial charge on any atom is 0.401 e. The van der Waals surface area contributed by atoms with E-state index in [1.807, 2.05) is 0 Å². The maximum atomic E-state index is 14.8. The van der Waals surface area contributed by atoms with E-state index in [1.54, 1.807) is 18.2 Å². The second-order valence-corrected chi connectivity index (χ2v) is 11.7. The predicted molar refractivity (Wildman–Crippen MR) is 136 cm³/mol. The van der Waals surface area contributed by atoms with Crippen LogP contribution in [0.5, 0.6) is 0 Å². The Morgan fingerprint density at radius 3 is 2.27 bits per heavy atom. The molecule has 0 bridgehead atoms. The van der Waals surface area contributed by atoms with E-state index >= 15 is 0 Å². The van der Waals surface area contributed by atoms with Crippen molar-refractivity contribution in [2.45, 2.75) is 42.2 Å². The van der Waals surface area contributed by atoms with Gasteiger partial charge < -0.3 is 9.84 Å². The van der Waals surface area contributed by atoms with Gasteiger partial charge in [0.1, 0.15) is 17.1 Å². The molecule has 1 amide bonds. The third-order valence-electron chi connectivity index (χ3n) is 6.70. The van der Waals surface area contributed by atoms with Crippen LogP contribution in [0, 0.1) is 5.82 Å². The van der Waals surface area contributed by atoms with Crippen molar-refractivity contribution in [2.24, 2.45) is 0 Å². The summed E-state index contributed by atoms with van der Waals surface area (Å²) in [6, 6.07) is 11.7. The summed E-state index contributed by atoms with van der Waals surface area (Å²) in [4.78, 5) is 21.2. The SMILES string of the molecule is CS(=O)(=O)c1ccc(Cc2ncc(-c3ccc(CC(=O)Nc4cc(C5(C(F)(F)F)CC5)on4)c(F)c3)cn2)cc1. The first-order valence-corrected chi connectivity index (χ1v) is 14.0. The lowest BCUT2D eigenvalue weighted by Gasteiger charge is -2.14. The number of benzene rings is 2. The molecule has 8 nitrogen and oxygen atoms in total. The first-order chi connectivity index (χ1) is 18.8. The third-order valence-corrected chi connectivity index (χ3v) is 7.83. The molecule has 1 aliphatic rings. The molecule has 1 N–H and O–H groups in total. The minimum absolute atomic E-state index is 0.0778. The number of aromatic nitrogens is 3. The zero-order valence-electron chi connectivity index (χ0n) is 21.0. The molecule has 1 aliphatic carbocycles. The average molecular weight is 575 g/mol. The van der Waals surface area contributed by atoms with Crippen LogP contribution in [-0.4, -0.2) is 41.9 Å². The number of amides is 1. The zero-order chi connectivity index (χ0) is 28.7. The lowest BCUT2D eigenvalue weighted by Crippen LogP contribution is -2.28.